The summed E-state index contributed by atoms with van der Waals surface area (Å²) in [6.45, 7) is 5.08. The SMILES string of the molecule is Cc1c(C(=O)NC[C@@H]2CN3CCC[C@H]3CO2)sc2cccc(F)c12. The van der Waals surface area contributed by atoms with Gasteiger partial charge in [0.1, 0.15) is 5.82 Å². The van der Waals surface area contributed by atoms with Crippen LogP contribution in [-0.2, 0) is 4.74 Å². The Kier molecular flexibility index (Phi) is 4.28. The van der Waals surface area contributed by atoms with Crippen LogP contribution in [0.15, 0.2) is 18.2 Å². The lowest BCUT2D eigenvalue weighted by Gasteiger charge is -2.35. The number of hydrogen-bond donors (Lipinski definition) is 1. The zero-order chi connectivity index (χ0) is 16.7. The fourth-order valence-electron chi connectivity index (χ4n) is 3.77. The number of carbonyl (C=O) groups is 1. The summed E-state index contributed by atoms with van der Waals surface area (Å²) in [5.74, 6) is -0.406. The minimum atomic E-state index is -0.268. The Morgan fingerprint density at radius 1 is 1.50 bits per heavy atom. The number of halogens is 1. The van der Waals surface area contributed by atoms with E-state index in [1.165, 1.54) is 30.2 Å². The van der Waals surface area contributed by atoms with Crippen LogP contribution in [0, 0.1) is 12.7 Å². The molecule has 4 rings (SSSR count). The summed E-state index contributed by atoms with van der Waals surface area (Å²) >= 11 is 1.34. The number of aryl methyl sites for hydroxylation is 1. The minimum absolute atomic E-state index is 0.0368. The molecular formula is C18H21FN2O2S. The van der Waals surface area contributed by atoms with E-state index < -0.39 is 0 Å². The van der Waals surface area contributed by atoms with Crippen molar-refractivity contribution in [1.82, 2.24) is 10.2 Å². The van der Waals surface area contributed by atoms with Gasteiger partial charge < -0.3 is 10.1 Å². The fraction of sp³-hybridized carbons (Fsp3) is 0.500. The van der Waals surface area contributed by atoms with Crippen LogP contribution in [0.4, 0.5) is 4.39 Å². The van der Waals surface area contributed by atoms with Crippen LogP contribution in [0.25, 0.3) is 10.1 Å². The lowest BCUT2D eigenvalue weighted by atomic mass is 10.1. The van der Waals surface area contributed by atoms with Crippen LogP contribution in [-0.4, -0.2) is 49.2 Å². The Morgan fingerprint density at radius 3 is 3.21 bits per heavy atom. The Balaban J connectivity index is 1.43. The topological polar surface area (TPSA) is 41.6 Å². The van der Waals surface area contributed by atoms with Crippen LogP contribution < -0.4 is 5.32 Å². The van der Waals surface area contributed by atoms with Crippen molar-refractivity contribution in [2.75, 3.05) is 26.2 Å². The number of morpholine rings is 1. The van der Waals surface area contributed by atoms with Gasteiger partial charge in [0.15, 0.2) is 0 Å². The number of hydrogen-bond acceptors (Lipinski definition) is 4. The number of benzene rings is 1. The average Bonchev–Trinajstić information content (AvgIpc) is 3.17. The van der Waals surface area contributed by atoms with Crippen molar-refractivity contribution in [3.63, 3.8) is 0 Å². The van der Waals surface area contributed by atoms with Gasteiger partial charge in [-0.2, -0.15) is 0 Å². The molecular weight excluding hydrogens is 327 g/mol. The van der Waals surface area contributed by atoms with Gasteiger partial charge >= 0.3 is 0 Å². The first-order valence-corrected chi connectivity index (χ1v) is 9.26. The molecule has 2 aliphatic heterocycles. The highest BCUT2D eigenvalue weighted by molar-refractivity contribution is 7.21. The first kappa shape index (κ1) is 16.0. The molecule has 4 nitrogen and oxygen atoms in total. The maximum absolute atomic E-state index is 14.0. The van der Waals surface area contributed by atoms with E-state index in [2.05, 4.69) is 10.2 Å². The highest BCUT2D eigenvalue weighted by Gasteiger charge is 2.32. The molecule has 24 heavy (non-hydrogen) atoms. The molecule has 2 atom stereocenters. The molecule has 6 heteroatoms. The summed E-state index contributed by atoms with van der Waals surface area (Å²) in [6.07, 6.45) is 2.49. The Hall–Kier alpha value is -1.50. The first-order chi connectivity index (χ1) is 11.6. The molecule has 0 radical (unpaired) electrons. The molecule has 2 aromatic rings. The molecule has 0 bridgehead atoms. The molecule has 2 saturated heterocycles. The number of carbonyl (C=O) groups excluding carboxylic acids is 1. The molecule has 2 fully saturated rings. The number of rotatable bonds is 3. The van der Waals surface area contributed by atoms with E-state index in [0.717, 1.165) is 30.0 Å². The van der Waals surface area contributed by atoms with E-state index in [1.54, 1.807) is 6.07 Å². The Morgan fingerprint density at radius 2 is 2.38 bits per heavy atom. The molecule has 1 aromatic heterocycles. The van der Waals surface area contributed by atoms with Crippen molar-refractivity contribution >= 4 is 27.3 Å². The highest BCUT2D eigenvalue weighted by atomic mass is 32.1. The van der Waals surface area contributed by atoms with Crippen LogP contribution >= 0.6 is 11.3 Å². The van der Waals surface area contributed by atoms with Crippen LogP contribution in [0.2, 0.25) is 0 Å². The van der Waals surface area contributed by atoms with Gasteiger partial charge in [-0.15, -0.1) is 11.3 Å². The van der Waals surface area contributed by atoms with Crippen LogP contribution in [0.1, 0.15) is 28.1 Å². The maximum atomic E-state index is 14.0. The number of ether oxygens (including phenoxy) is 1. The smallest absolute Gasteiger partial charge is 0.261 e. The lowest BCUT2D eigenvalue weighted by molar-refractivity contribution is -0.0461. The molecule has 1 aromatic carbocycles. The summed E-state index contributed by atoms with van der Waals surface area (Å²) in [5, 5.41) is 3.52. The maximum Gasteiger partial charge on any atom is 0.261 e. The molecule has 2 aliphatic rings. The third-order valence-corrected chi connectivity index (χ3v) is 6.32. The zero-order valence-corrected chi connectivity index (χ0v) is 14.5. The number of nitrogens with zero attached hydrogens (tertiary/aromatic N) is 1. The van der Waals surface area contributed by atoms with Gasteiger partial charge in [0, 0.05) is 29.2 Å². The van der Waals surface area contributed by atoms with Gasteiger partial charge in [-0.3, -0.25) is 9.69 Å². The molecule has 1 amide bonds. The number of amides is 1. The minimum Gasteiger partial charge on any atom is -0.373 e. The monoisotopic (exact) mass is 348 g/mol. The second-order valence-electron chi connectivity index (χ2n) is 6.63. The summed E-state index contributed by atoms with van der Waals surface area (Å²) in [5.41, 5.74) is 0.717. The molecule has 3 heterocycles. The van der Waals surface area contributed by atoms with Crippen LogP contribution in [0.5, 0.6) is 0 Å². The molecule has 0 spiro atoms. The first-order valence-electron chi connectivity index (χ1n) is 8.45. The molecule has 0 aliphatic carbocycles. The third-order valence-electron chi connectivity index (χ3n) is 5.06. The van der Waals surface area contributed by atoms with Crippen molar-refractivity contribution in [3.8, 4) is 0 Å². The Labute approximate surface area is 144 Å². The summed E-state index contributed by atoms with van der Waals surface area (Å²) < 4.78 is 20.7. The van der Waals surface area contributed by atoms with E-state index in [0.29, 0.717) is 22.8 Å². The van der Waals surface area contributed by atoms with Crippen molar-refractivity contribution in [1.29, 1.82) is 0 Å². The van der Waals surface area contributed by atoms with E-state index in [1.807, 2.05) is 13.0 Å². The van der Waals surface area contributed by atoms with Crippen molar-refractivity contribution in [2.45, 2.75) is 31.9 Å². The van der Waals surface area contributed by atoms with Gasteiger partial charge in [-0.1, -0.05) is 6.07 Å². The standard InChI is InChI=1S/C18H21FN2O2S/c1-11-16-14(19)5-2-6-15(16)24-17(11)18(22)20-8-13-9-21-7-3-4-12(21)10-23-13/h2,5-6,12-13H,3-4,7-10H2,1H3,(H,20,22)/t12-,13+/m0/s1. The number of nitrogens with one attached hydrogen (secondary N) is 1. The summed E-state index contributed by atoms with van der Waals surface area (Å²) in [6, 6.07) is 5.53. The van der Waals surface area contributed by atoms with Gasteiger partial charge in [-0.05, 0) is 44.0 Å². The predicted octanol–water partition coefficient (Wildman–Crippen LogP) is 2.94. The van der Waals surface area contributed by atoms with Crippen molar-refractivity contribution < 1.29 is 13.9 Å². The van der Waals surface area contributed by atoms with Crippen molar-refractivity contribution in [3.05, 3.63) is 34.5 Å². The molecule has 1 N–H and O–H groups in total. The van der Waals surface area contributed by atoms with Gasteiger partial charge in [0.05, 0.1) is 17.6 Å². The number of thiophene rings is 1. The summed E-state index contributed by atoms with van der Waals surface area (Å²) in [4.78, 5) is 15.6. The third kappa shape index (κ3) is 2.83. The quantitative estimate of drug-likeness (QED) is 0.927. The second kappa shape index (κ2) is 6.43. The Bertz CT molecular complexity index is 776. The number of fused-ring (bicyclic) bond motifs is 2. The largest absolute Gasteiger partial charge is 0.373 e. The van der Waals surface area contributed by atoms with E-state index in [4.69, 9.17) is 4.74 Å². The molecule has 0 saturated carbocycles. The van der Waals surface area contributed by atoms with Gasteiger partial charge in [0.25, 0.3) is 5.91 Å². The zero-order valence-electron chi connectivity index (χ0n) is 13.7. The van der Waals surface area contributed by atoms with E-state index in [9.17, 15) is 9.18 Å². The average molecular weight is 348 g/mol. The fourth-order valence-corrected chi connectivity index (χ4v) is 4.91. The molecule has 128 valence electrons. The molecule has 0 unspecified atom stereocenters. The lowest BCUT2D eigenvalue weighted by Crippen LogP contribution is -2.50. The van der Waals surface area contributed by atoms with Gasteiger partial charge in [-0.25, -0.2) is 4.39 Å². The van der Waals surface area contributed by atoms with Crippen LogP contribution in [0.3, 0.4) is 0 Å². The van der Waals surface area contributed by atoms with E-state index in [-0.39, 0.29) is 17.8 Å². The highest BCUT2D eigenvalue weighted by Crippen LogP contribution is 2.32. The van der Waals surface area contributed by atoms with E-state index >= 15 is 0 Å². The summed E-state index contributed by atoms with van der Waals surface area (Å²) in [7, 11) is 0. The van der Waals surface area contributed by atoms with Gasteiger partial charge in [0.2, 0.25) is 0 Å². The second-order valence-corrected chi connectivity index (χ2v) is 7.68. The normalized spacial score (nSPS) is 24.2. The van der Waals surface area contributed by atoms with Crippen molar-refractivity contribution in [2.24, 2.45) is 0 Å². The predicted molar refractivity (Wildman–Crippen MR) is 93.2 cm³/mol.